The summed E-state index contributed by atoms with van der Waals surface area (Å²) >= 11 is 13.7. The fourth-order valence-corrected chi connectivity index (χ4v) is 8.35. The molecule has 3 aliphatic carbocycles. The Morgan fingerprint density at radius 2 is 1.22 bits per heavy atom. The van der Waals surface area contributed by atoms with E-state index in [4.69, 9.17) is 16.3 Å². The number of carbonyl (C=O) groups is 4. The largest absolute Gasteiger partial charge is 0.456 e. The van der Waals surface area contributed by atoms with Crippen molar-refractivity contribution in [2.24, 2.45) is 11.8 Å². The first-order valence-electron chi connectivity index (χ1n) is 11.6. The van der Waals surface area contributed by atoms with Gasteiger partial charge in [0, 0.05) is 10.6 Å². The van der Waals surface area contributed by atoms with Crippen LogP contribution >= 0.6 is 43.5 Å². The van der Waals surface area contributed by atoms with Crippen LogP contribution in [0.3, 0.4) is 0 Å². The zero-order valence-corrected chi connectivity index (χ0v) is 23.0. The highest BCUT2D eigenvalue weighted by Crippen LogP contribution is 2.70. The smallest absolute Gasteiger partial charge is 0.326 e. The van der Waals surface area contributed by atoms with Gasteiger partial charge in [0.05, 0.1) is 20.5 Å². The van der Waals surface area contributed by atoms with E-state index in [0.717, 1.165) is 27.2 Å². The Morgan fingerprint density at radius 3 is 1.65 bits per heavy atom. The summed E-state index contributed by atoms with van der Waals surface area (Å²) in [6, 6.07) is 21.7. The first-order chi connectivity index (χ1) is 17.7. The molecule has 37 heavy (non-hydrogen) atoms. The number of alkyl halides is 2. The molecule has 3 aromatic rings. The second-order valence-electron chi connectivity index (χ2n) is 9.32. The average Bonchev–Trinajstić information content (AvgIpc) is 3.16. The quantitative estimate of drug-likeness (QED) is 0.170. The van der Waals surface area contributed by atoms with Crippen LogP contribution in [0.4, 0.5) is 0 Å². The van der Waals surface area contributed by atoms with Gasteiger partial charge in [-0.05, 0) is 46.5 Å². The van der Waals surface area contributed by atoms with Crippen molar-refractivity contribution in [2.75, 3.05) is 13.2 Å². The topological polar surface area (TPSA) is 80.8 Å². The minimum absolute atomic E-state index is 0.339. The molecule has 0 N–H and O–H groups in total. The molecule has 7 rings (SSSR count). The minimum Gasteiger partial charge on any atom is -0.456 e. The normalized spacial score (nSPS) is 26.9. The molecule has 4 aliphatic rings. The van der Waals surface area contributed by atoms with Crippen molar-refractivity contribution < 1.29 is 23.9 Å². The fourth-order valence-electron chi connectivity index (χ4n) is 5.92. The van der Waals surface area contributed by atoms with Crippen molar-refractivity contribution >= 4 is 67.0 Å². The van der Waals surface area contributed by atoms with Crippen molar-refractivity contribution in [3.8, 4) is 0 Å². The molecule has 1 heterocycles. The van der Waals surface area contributed by atoms with Crippen LogP contribution in [0.5, 0.6) is 0 Å². The second kappa shape index (κ2) is 8.61. The Labute approximate surface area is 234 Å². The lowest BCUT2D eigenvalue weighted by atomic mass is 9.54. The highest BCUT2D eigenvalue weighted by molar-refractivity contribution is 9.10. The van der Waals surface area contributed by atoms with E-state index < -0.39 is 57.2 Å². The minimum atomic E-state index is -0.934. The average molecular weight is 644 g/mol. The number of halogens is 3. The number of benzene rings is 3. The maximum absolute atomic E-state index is 13.8. The number of likely N-dealkylation sites (tertiary alicyclic amines) is 1. The SMILES string of the molecule is O=C(CN1C(=O)[C@@H]2[C@@H](C1=O)C1(Br)c3ccccc3C2(Br)c2ccccc21)OCC(=O)c1ccc(Cl)cc1. The zero-order chi connectivity index (χ0) is 26.1. The number of hydrogen-bond acceptors (Lipinski definition) is 5. The first-order valence-corrected chi connectivity index (χ1v) is 13.5. The maximum atomic E-state index is 13.8. The van der Waals surface area contributed by atoms with E-state index in [1.54, 1.807) is 12.1 Å². The first kappa shape index (κ1) is 24.5. The molecule has 186 valence electrons. The third kappa shape index (κ3) is 3.35. The van der Waals surface area contributed by atoms with Crippen LogP contribution in [0.2, 0.25) is 5.02 Å². The molecule has 2 amide bonds. The van der Waals surface area contributed by atoms with Gasteiger partial charge >= 0.3 is 5.97 Å². The molecule has 0 spiro atoms. The van der Waals surface area contributed by atoms with Crippen molar-refractivity contribution in [1.29, 1.82) is 0 Å². The van der Waals surface area contributed by atoms with Gasteiger partial charge in [0.2, 0.25) is 11.8 Å². The number of hydrogen-bond donors (Lipinski definition) is 0. The van der Waals surface area contributed by atoms with Crippen LogP contribution in [0.25, 0.3) is 0 Å². The summed E-state index contributed by atoms with van der Waals surface area (Å²) in [6.45, 7) is -1.08. The number of nitrogens with zero attached hydrogens (tertiary/aromatic N) is 1. The summed E-state index contributed by atoms with van der Waals surface area (Å²) in [4.78, 5) is 53.6. The molecule has 1 aliphatic heterocycles. The van der Waals surface area contributed by atoms with Crippen molar-refractivity contribution in [3.63, 3.8) is 0 Å². The number of amides is 2. The van der Waals surface area contributed by atoms with Crippen LogP contribution < -0.4 is 0 Å². The molecule has 0 unspecified atom stereocenters. The Hall–Kier alpha value is -2.81. The van der Waals surface area contributed by atoms with E-state index in [-0.39, 0.29) is 0 Å². The second-order valence-corrected chi connectivity index (χ2v) is 12.3. The van der Waals surface area contributed by atoms with Crippen molar-refractivity contribution in [2.45, 2.75) is 8.65 Å². The molecule has 1 fully saturated rings. The van der Waals surface area contributed by atoms with Gasteiger partial charge in [0.15, 0.2) is 12.4 Å². The summed E-state index contributed by atoms with van der Waals surface area (Å²) in [5.41, 5.74) is 3.97. The predicted molar refractivity (Wildman–Crippen MR) is 143 cm³/mol. The van der Waals surface area contributed by atoms with Gasteiger partial charge < -0.3 is 4.74 Å². The van der Waals surface area contributed by atoms with Crippen molar-refractivity contribution in [3.05, 3.63) is 106 Å². The van der Waals surface area contributed by atoms with Gasteiger partial charge in [0.1, 0.15) is 6.54 Å². The lowest BCUT2D eigenvalue weighted by Crippen LogP contribution is -2.56. The Balaban J connectivity index is 1.30. The number of carbonyl (C=O) groups excluding carboxylic acids is 4. The molecule has 2 atom stereocenters. The number of ketones is 1. The van der Waals surface area contributed by atoms with E-state index in [1.807, 2.05) is 48.5 Å². The monoisotopic (exact) mass is 641 g/mol. The maximum Gasteiger partial charge on any atom is 0.326 e. The number of esters is 1. The molecule has 0 saturated carbocycles. The molecular weight excluding hydrogens is 626 g/mol. The Bertz CT molecular complexity index is 1380. The summed E-state index contributed by atoms with van der Waals surface area (Å²) in [6.07, 6.45) is 0. The van der Waals surface area contributed by atoms with Crippen LogP contribution in [-0.4, -0.2) is 41.6 Å². The molecule has 0 aromatic heterocycles. The molecule has 3 aromatic carbocycles. The van der Waals surface area contributed by atoms with Crippen LogP contribution in [0, 0.1) is 11.8 Å². The van der Waals surface area contributed by atoms with Gasteiger partial charge in [-0.25, -0.2) is 0 Å². The Kier molecular flexibility index (Phi) is 5.71. The van der Waals surface area contributed by atoms with E-state index in [2.05, 4.69) is 31.9 Å². The number of imide groups is 1. The van der Waals surface area contributed by atoms with E-state index in [1.165, 1.54) is 12.1 Å². The van der Waals surface area contributed by atoms with Gasteiger partial charge in [-0.3, -0.25) is 24.1 Å². The fraction of sp³-hybridized carbons (Fsp3) is 0.214. The molecule has 0 radical (unpaired) electrons. The van der Waals surface area contributed by atoms with Gasteiger partial charge in [-0.15, -0.1) is 0 Å². The van der Waals surface area contributed by atoms with Gasteiger partial charge in [-0.1, -0.05) is 92.0 Å². The molecule has 9 heteroatoms. The Morgan fingerprint density at radius 1 is 0.784 bits per heavy atom. The molecule has 2 bridgehead atoms. The number of Topliss-reactive ketones (excluding diaryl/α,β-unsaturated/α-hetero) is 1. The van der Waals surface area contributed by atoms with Gasteiger partial charge in [0.25, 0.3) is 0 Å². The van der Waals surface area contributed by atoms with E-state index in [9.17, 15) is 19.2 Å². The summed E-state index contributed by atoms with van der Waals surface area (Å²) in [7, 11) is 0. The summed E-state index contributed by atoms with van der Waals surface area (Å²) < 4.78 is 3.28. The van der Waals surface area contributed by atoms with Gasteiger partial charge in [-0.2, -0.15) is 0 Å². The molecule has 1 saturated heterocycles. The number of ether oxygens (including phenoxy) is 1. The summed E-state index contributed by atoms with van der Waals surface area (Å²) in [5, 5.41) is 0.480. The standard InChI is InChI=1S/C28H18Br2ClNO5/c29-27-17-5-1-2-6-18(17)28(30,20-8-4-3-7-19(20)27)24-23(27)25(35)32(26(24)36)13-22(34)37-14-21(33)15-9-11-16(31)12-10-15/h1-12,23-24H,13-14H2/t23-,24-,27?,28?/m0/s1. The molecular formula is C28H18Br2ClNO5. The van der Waals surface area contributed by atoms with Crippen LogP contribution in [0.15, 0.2) is 72.8 Å². The predicted octanol–water partition coefficient (Wildman–Crippen LogP) is 4.97. The highest BCUT2D eigenvalue weighted by Gasteiger charge is 2.72. The van der Waals surface area contributed by atoms with Crippen LogP contribution in [0.1, 0.15) is 32.6 Å². The zero-order valence-electron chi connectivity index (χ0n) is 19.1. The highest BCUT2D eigenvalue weighted by atomic mass is 79.9. The van der Waals surface area contributed by atoms with Crippen molar-refractivity contribution in [1.82, 2.24) is 4.90 Å². The third-order valence-corrected chi connectivity index (χ3v) is 10.4. The lowest BCUT2D eigenvalue weighted by molar-refractivity contribution is -0.152. The van der Waals surface area contributed by atoms with E-state index >= 15 is 0 Å². The lowest BCUT2D eigenvalue weighted by Gasteiger charge is -2.55. The number of rotatable bonds is 5. The molecule has 6 nitrogen and oxygen atoms in total. The van der Waals surface area contributed by atoms with Crippen LogP contribution in [-0.2, 0) is 27.8 Å². The summed E-state index contributed by atoms with van der Waals surface area (Å²) in [5.74, 6) is -3.71. The third-order valence-electron chi connectivity index (χ3n) is 7.49. The van der Waals surface area contributed by atoms with E-state index in [0.29, 0.717) is 10.6 Å².